The Hall–Kier alpha value is -1.06. The normalized spacial score (nSPS) is 17.8. The molecule has 0 spiro atoms. The minimum atomic E-state index is -0.833. The molecule has 1 fully saturated rings. The van der Waals surface area contributed by atoms with Gasteiger partial charge in [0.15, 0.2) is 0 Å². The minimum Gasteiger partial charge on any atom is -0.481 e. The molecule has 0 atom stereocenters. The van der Waals surface area contributed by atoms with E-state index in [2.05, 4.69) is 0 Å². The number of carboxylic acids is 1. The second-order valence-corrected chi connectivity index (χ2v) is 6.54. The third-order valence-electron chi connectivity index (χ3n) is 3.73. The van der Waals surface area contributed by atoms with Crippen LogP contribution in [0.1, 0.15) is 65.7 Å². The summed E-state index contributed by atoms with van der Waals surface area (Å²) in [6.07, 6.45) is 6.82. The Labute approximate surface area is 116 Å². The molecule has 4 heteroatoms. The largest absolute Gasteiger partial charge is 0.481 e. The van der Waals surface area contributed by atoms with Crippen LogP contribution in [0.2, 0.25) is 0 Å². The van der Waals surface area contributed by atoms with Gasteiger partial charge in [0.05, 0.1) is 6.42 Å². The molecule has 0 aromatic carbocycles. The van der Waals surface area contributed by atoms with Crippen molar-refractivity contribution in [1.29, 1.82) is 0 Å². The van der Waals surface area contributed by atoms with Gasteiger partial charge < -0.3 is 10.0 Å². The molecule has 1 aliphatic rings. The van der Waals surface area contributed by atoms with Gasteiger partial charge in [-0.05, 0) is 12.8 Å². The number of carbonyl (C=O) groups is 2. The predicted molar refractivity (Wildman–Crippen MR) is 74.9 cm³/mol. The van der Waals surface area contributed by atoms with E-state index in [1.807, 2.05) is 25.7 Å². The summed E-state index contributed by atoms with van der Waals surface area (Å²) >= 11 is 0. The summed E-state index contributed by atoms with van der Waals surface area (Å²) in [7, 11) is 0. The predicted octanol–water partition coefficient (Wildman–Crippen LogP) is 3.06. The van der Waals surface area contributed by atoms with Crippen LogP contribution < -0.4 is 0 Å². The van der Waals surface area contributed by atoms with E-state index in [-0.39, 0.29) is 18.4 Å². The molecule has 0 bridgehead atoms. The fourth-order valence-corrected chi connectivity index (χ4v) is 2.67. The topological polar surface area (TPSA) is 57.6 Å². The number of hydrogen-bond acceptors (Lipinski definition) is 2. The molecule has 1 aliphatic carbocycles. The van der Waals surface area contributed by atoms with Crippen molar-refractivity contribution in [2.24, 2.45) is 5.41 Å². The molecule has 0 radical (unpaired) electrons. The highest BCUT2D eigenvalue weighted by Gasteiger charge is 2.32. The Bertz CT molecular complexity index is 312. The number of carbonyl (C=O) groups excluding carboxylic acids is 1. The lowest BCUT2D eigenvalue weighted by atomic mass is 9.92. The highest BCUT2D eigenvalue weighted by molar-refractivity contribution is 5.82. The molecule has 0 aromatic rings. The summed E-state index contributed by atoms with van der Waals surface area (Å²) in [4.78, 5) is 25.1. The first-order valence-electron chi connectivity index (χ1n) is 7.35. The fourth-order valence-electron chi connectivity index (χ4n) is 2.67. The zero-order valence-corrected chi connectivity index (χ0v) is 12.4. The number of rotatable bonds is 4. The standard InChI is InChI=1S/C15H27NO3/c1-15(2,3)14(19)16(11-10-13(17)18)12-8-6-4-5-7-9-12/h12H,4-11H2,1-3H3,(H,17,18). The Morgan fingerprint density at radius 1 is 1.11 bits per heavy atom. The Morgan fingerprint density at radius 2 is 1.63 bits per heavy atom. The van der Waals surface area contributed by atoms with Gasteiger partial charge in [-0.15, -0.1) is 0 Å². The van der Waals surface area contributed by atoms with Gasteiger partial charge in [0.2, 0.25) is 5.91 Å². The van der Waals surface area contributed by atoms with Crippen molar-refractivity contribution >= 4 is 11.9 Å². The number of amides is 1. The van der Waals surface area contributed by atoms with Gasteiger partial charge in [-0.2, -0.15) is 0 Å². The SMILES string of the molecule is CC(C)(C)C(=O)N(CCC(=O)O)C1CCCCCC1. The van der Waals surface area contributed by atoms with Crippen LogP contribution in [0.25, 0.3) is 0 Å². The van der Waals surface area contributed by atoms with E-state index in [1.165, 1.54) is 12.8 Å². The molecule has 1 saturated carbocycles. The Balaban J connectivity index is 2.77. The first-order chi connectivity index (χ1) is 8.82. The van der Waals surface area contributed by atoms with Crippen LogP contribution in [0.15, 0.2) is 0 Å². The first-order valence-corrected chi connectivity index (χ1v) is 7.35. The van der Waals surface area contributed by atoms with Crippen molar-refractivity contribution in [2.45, 2.75) is 71.8 Å². The van der Waals surface area contributed by atoms with Gasteiger partial charge in [0.25, 0.3) is 0 Å². The Morgan fingerprint density at radius 3 is 2.05 bits per heavy atom. The molecule has 1 N–H and O–H groups in total. The van der Waals surface area contributed by atoms with E-state index in [4.69, 9.17) is 5.11 Å². The van der Waals surface area contributed by atoms with Crippen molar-refractivity contribution < 1.29 is 14.7 Å². The molecular weight excluding hydrogens is 242 g/mol. The van der Waals surface area contributed by atoms with Gasteiger partial charge in [-0.3, -0.25) is 9.59 Å². The van der Waals surface area contributed by atoms with Gasteiger partial charge in [-0.25, -0.2) is 0 Å². The van der Waals surface area contributed by atoms with Crippen molar-refractivity contribution in [3.05, 3.63) is 0 Å². The summed E-state index contributed by atoms with van der Waals surface area (Å²) in [5.74, 6) is -0.749. The molecule has 1 rings (SSSR count). The third kappa shape index (κ3) is 5.21. The summed E-state index contributed by atoms with van der Waals surface area (Å²) in [6.45, 7) is 6.05. The molecule has 110 valence electrons. The molecule has 0 saturated heterocycles. The third-order valence-corrected chi connectivity index (χ3v) is 3.73. The highest BCUT2D eigenvalue weighted by atomic mass is 16.4. The average molecular weight is 269 g/mol. The lowest BCUT2D eigenvalue weighted by molar-refractivity contribution is -0.144. The van der Waals surface area contributed by atoms with E-state index < -0.39 is 11.4 Å². The quantitative estimate of drug-likeness (QED) is 0.798. The number of carboxylic acid groups (broad SMARTS) is 1. The van der Waals surface area contributed by atoms with E-state index in [0.29, 0.717) is 6.54 Å². The molecule has 1 amide bonds. The van der Waals surface area contributed by atoms with Crippen LogP contribution in [0.5, 0.6) is 0 Å². The van der Waals surface area contributed by atoms with E-state index in [1.54, 1.807) is 0 Å². The molecule has 19 heavy (non-hydrogen) atoms. The average Bonchev–Trinajstić information content (AvgIpc) is 2.56. The zero-order valence-electron chi connectivity index (χ0n) is 12.4. The summed E-state index contributed by atoms with van der Waals surface area (Å²) in [5, 5.41) is 8.86. The van der Waals surface area contributed by atoms with Gasteiger partial charge in [-0.1, -0.05) is 46.5 Å². The molecule has 0 aliphatic heterocycles. The van der Waals surface area contributed by atoms with Crippen LogP contribution in [-0.4, -0.2) is 34.5 Å². The smallest absolute Gasteiger partial charge is 0.305 e. The minimum absolute atomic E-state index is 0.0400. The van der Waals surface area contributed by atoms with Crippen LogP contribution in [0.3, 0.4) is 0 Å². The van der Waals surface area contributed by atoms with Crippen LogP contribution >= 0.6 is 0 Å². The van der Waals surface area contributed by atoms with Gasteiger partial charge >= 0.3 is 5.97 Å². The maximum Gasteiger partial charge on any atom is 0.305 e. The molecular formula is C15H27NO3. The summed E-state index contributed by atoms with van der Waals surface area (Å²) in [5.41, 5.74) is -0.440. The van der Waals surface area contributed by atoms with E-state index in [0.717, 1.165) is 25.7 Å². The van der Waals surface area contributed by atoms with Crippen molar-refractivity contribution in [2.75, 3.05) is 6.54 Å². The van der Waals surface area contributed by atoms with Crippen LogP contribution in [-0.2, 0) is 9.59 Å². The van der Waals surface area contributed by atoms with Crippen molar-refractivity contribution in [3.63, 3.8) is 0 Å². The molecule has 0 aromatic heterocycles. The van der Waals surface area contributed by atoms with Crippen LogP contribution in [0.4, 0.5) is 0 Å². The number of nitrogens with zero attached hydrogens (tertiary/aromatic N) is 1. The van der Waals surface area contributed by atoms with Crippen molar-refractivity contribution in [1.82, 2.24) is 4.90 Å². The van der Waals surface area contributed by atoms with Gasteiger partial charge in [0, 0.05) is 18.0 Å². The van der Waals surface area contributed by atoms with Crippen LogP contribution in [0, 0.1) is 5.41 Å². The van der Waals surface area contributed by atoms with E-state index >= 15 is 0 Å². The summed E-state index contributed by atoms with van der Waals surface area (Å²) < 4.78 is 0. The molecule has 0 heterocycles. The summed E-state index contributed by atoms with van der Waals surface area (Å²) in [6, 6.07) is 0.230. The van der Waals surface area contributed by atoms with Crippen molar-refractivity contribution in [3.8, 4) is 0 Å². The number of hydrogen-bond donors (Lipinski definition) is 1. The second-order valence-electron chi connectivity index (χ2n) is 6.54. The maximum atomic E-state index is 12.5. The lowest BCUT2D eigenvalue weighted by Crippen LogP contribution is -2.46. The monoisotopic (exact) mass is 269 g/mol. The second kappa shape index (κ2) is 6.92. The lowest BCUT2D eigenvalue weighted by Gasteiger charge is -2.35. The van der Waals surface area contributed by atoms with Gasteiger partial charge in [0.1, 0.15) is 0 Å². The maximum absolute atomic E-state index is 12.5. The fraction of sp³-hybridized carbons (Fsp3) is 0.867. The molecule has 0 unspecified atom stereocenters. The highest BCUT2D eigenvalue weighted by Crippen LogP contribution is 2.26. The number of aliphatic carboxylic acids is 1. The molecule has 4 nitrogen and oxygen atoms in total. The first kappa shape index (κ1) is 16.0. The van der Waals surface area contributed by atoms with E-state index in [9.17, 15) is 9.59 Å². The zero-order chi connectivity index (χ0) is 14.5. The Kier molecular flexibility index (Phi) is 5.83.